The van der Waals surface area contributed by atoms with Gasteiger partial charge in [0.05, 0.1) is 14.2 Å². The van der Waals surface area contributed by atoms with Gasteiger partial charge >= 0.3 is 6.09 Å². The second-order valence-electron chi connectivity index (χ2n) is 6.00. The highest BCUT2D eigenvalue weighted by Gasteiger charge is 2.20. The van der Waals surface area contributed by atoms with Gasteiger partial charge in [0, 0.05) is 45.7 Å². The number of carbonyl (C=O) groups is 2. The fourth-order valence-corrected chi connectivity index (χ4v) is 2.78. The van der Waals surface area contributed by atoms with Crippen LogP contribution >= 0.6 is 0 Å². The van der Waals surface area contributed by atoms with Crippen molar-refractivity contribution in [1.82, 2.24) is 15.1 Å². The van der Waals surface area contributed by atoms with E-state index in [1.54, 1.807) is 12.0 Å². The fraction of sp³-hybridized carbons (Fsp3) is 0.556. The van der Waals surface area contributed by atoms with E-state index in [9.17, 15) is 9.59 Å². The van der Waals surface area contributed by atoms with Crippen molar-refractivity contribution in [3.63, 3.8) is 0 Å². The van der Waals surface area contributed by atoms with Crippen molar-refractivity contribution in [3.8, 4) is 5.75 Å². The summed E-state index contributed by atoms with van der Waals surface area (Å²) in [6, 6.07) is 7.77. The lowest BCUT2D eigenvalue weighted by atomic mass is 10.1. The van der Waals surface area contributed by atoms with Crippen molar-refractivity contribution in [2.24, 2.45) is 0 Å². The number of methoxy groups -OCH3 is 2. The molecule has 2 rings (SSSR count). The molecule has 7 nitrogen and oxygen atoms in total. The predicted octanol–water partition coefficient (Wildman–Crippen LogP) is 1.13. The average molecular weight is 349 g/mol. The standard InChI is InChI=1S/C18H27N3O4/c1-24-16-6-3-15(4-7-16)5-8-17(22)19-9-10-20-11-13-21(14-12-20)18(23)25-2/h3-4,6-7H,5,8-14H2,1-2H3,(H,19,22). The highest BCUT2D eigenvalue weighted by Crippen LogP contribution is 2.12. The molecule has 1 heterocycles. The Morgan fingerprint density at radius 1 is 1.08 bits per heavy atom. The van der Waals surface area contributed by atoms with Crippen LogP contribution in [-0.2, 0) is 16.0 Å². The van der Waals surface area contributed by atoms with Crippen LogP contribution < -0.4 is 10.1 Å². The van der Waals surface area contributed by atoms with Gasteiger partial charge in [-0.05, 0) is 24.1 Å². The average Bonchev–Trinajstić information content (AvgIpc) is 2.66. The van der Waals surface area contributed by atoms with Crippen LogP contribution in [0.5, 0.6) is 5.75 Å². The molecule has 7 heteroatoms. The third kappa shape index (κ3) is 6.26. The number of hydrogen-bond donors (Lipinski definition) is 1. The Morgan fingerprint density at radius 3 is 2.36 bits per heavy atom. The summed E-state index contributed by atoms with van der Waals surface area (Å²) in [4.78, 5) is 27.3. The smallest absolute Gasteiger partial charge is 0.409 e. The molecule has 1 saturated heterocycles. The van der Waals surface area contributed by atoms with Crippen LogP contribution in [0.3, 0.4) is 0 Å². The van der Waals surface area contributed by atoms with Crippen molar-refractivity contribution < 1.29 is 19.1 Å². The number of hydrogen-bond acceptors (Lipinski definition) is 5. The lowest BCUT2D eigenvalue weighted by Gasteiger charge is -2.33. The molecule has 1 aliphatic rings. The molecule has 0 aliphatic carbocycles. The minimum absolute atomic E-state index is 0.0593. The van der Waals surface area contributed by atoms with Crippen LogP contribution in [-0.4, -0.2) is 75.3 Å². The maximum atomic E-state index is 11.9. The zero-order chi connectivity index (χ0) is 18.1. The quantitative estimate of drug-likeness (QED) is 0.799. The zero-order valence-electron chi connectivity index (χ0n) is 15.0. The summed E-state index contributed by atoms with van der Waals surface area (Å²) in [7, 11) is 3.04. The molecule has 0 spiro atoms. The Labute approximate surface area is 148 Å². The van der Waals surface area contributed by atoms with E-state index in [2.05, 4.69) is 10.2 Å². The van der Waals surface area contributed by atoms with Crippen LogP contribution in [0, 0.1) is 0 Å². The van der Waals surface area contributed by atoms with Crippen molar-refractivity contribution in [2.75, 3.05) is 53.5 Å². The number of benzene rings is 1. The Hall–Kier alpha value is -2.28. The fourth-order valence-electron chi connectivity index (χ4n) is 2.78. The molecule has 0 bridgehead atoms. The summed E-state index contributed by atoms with van der Waals surface area (Å²) < 4.78 is 9.84. The van der Waals surface area contributed by atoms with Crippen molar-refractivity contribution in [2.45, 2.75) is 12.8 Å². The topological polar surface area (TPSA) is 71.1 Å². The first-order valence-electron chi connectivity index (χ1n) is 8.57. The molecule has 0 radical (unpaired) electrons. The highest BCUT2D eigenvalue weighted by atomic mass is 16.5. The number of amides is 2. The lowest BCUT2D eigenvalue weighted by molar-refractivity contribution is -0.121. The minimum Gasteiger partial charge on any atom is -0.497 e. The van der Waals surface area contributed by atoms with E-state index in [-0.39, 0.29) is 12.0 Å². The van der Waals surface area contributed by atoms with Gasteiger partial charge in [-0.1, -0.05) is 12.1 Å². The predicted molar refractivity (Wildman–Crippen MR) is 94.7 cm³/mol. The first kappa shape index (κ1) is 19.1. The summed E-state index contributed by atoms with van der Waals surface area (Å²) in [6.45, 7) is 4.35. The zero-order valence-corrected chi connectivity index (χ0v) is 15.0. The Balaban J connectivity index is 1.58. The summed E-state index contributed by atoms with van der Waals surface area (Å²) in [5.41, 5.74) is 1.12. The van der Waals surface area contributed by atoms with Gasteiger partial charge in [0.25, 0.3) is 0 Å². The van der Waals surface area contributed by atoms with Gasteiger partial charge in [-0.2, -0.15) is 0 Å². The van der Waals surface area contributed by atoms with E-state index in [0.717, 1.165) is 30.9 Å². The Kier molecular flexibility index (Phi) is 7.53. The molecular weight excluding hydrogens is 322 g/mol. The number of carbonyl (C=O) groups excluding carboxylic acids is 2. The molecule has 138 valence electrons. The van der Waals surface area contributed by atoms with Crippen LogP contribution in [0.15, 0.2) is 24.3 Å². The van der Waals surface area contributed by atoms with Gasteiger partial charge in [-0.3, -0.25) is 9.69 Å². The summed E-state index contributed by atoms with van der Waals surface area (Å²) >= 11 is 0. The molecular formula is C18H27N3O4. The lowest BCUT2D eigenvalue weighted by Crippen LogP contribution is -2.50. The van der Waals surface area contributed by atoms with Gasteiger partial charge < -0.3 is 19.7 Å². The number of nitrogens with zero attached hydrogens (tertiary/aromatic N) is 2. The first-order valence-corrected chi connectivity index (χ1v) is 8.57. The highest BCUT2D eigenvalue weighted by molar-refractivity contribution is 5.76. The second kappa shape index (κ2) is 9.88. The van der Waals surface area contributed by atoms with Gasteiger partial charge in [-0.15, -0.1) is 0 Å². The number of ether oxygens (including phenoxy) is 2. The molecule has 1 fully saturated rings. The van der Waals surface area contributed by atoms with Gasteiger partial charge in [-0.25, -0.2) is 4.79 Å². The Bertz CT molecular complexity index is 554. The summed E-state index contributed by atoms with van der Waals surface area (Å²) in [5, 5.41) is 2.96. The van der Waals surface area contributed by atoms with Crippen LogP contribution in [0.25, 0.3) is 0 Å². The molecule has 0 unspecified atom stereocenters. The SMILES string of the molecule is COC(=O)N1CCN(CCNC(=O)CCc2ccc(OC)cc2)CC1. The molecule has 25 heavy (non-hydrogen) atoms. The number of rotatable bonds is 7. The van der Waals surface area contributed by atoms with E-state index in [1.807, 2.05) is 24.3 Å². The summed E-state index contributed by atoms with van der Waals surface area (Å²) in [5.74, 6) is 0.879. The van der Waals surface area contributed by atoms with Crippen LogP contribution in [0.4, 0.5) is 4.79 Å². The first-order chi connectivity index (χ1) is 12.1. The van der Waals surface area contributed by atoms with E-state index >= 15 is 0 Å². The molecule has 0 aromatic heterocycles. The van der Waals surface area contributed by atoms with Crippen LogP contribution in [0.2, 0.25) is 0 Å². The third-order valence-corrected chi connectivity index (χ3v) is 4.36. The Morgan fingerprint density at radius 2 is 1.76 bits per heavy atom. The maximum absolute atomic E-state index is 11.9. The second-order valence-corrected chi connectivity index (χ2v) is 6.00. The molecule has 2 amide bonds. The van der Waals surface area contributed by atoms with E-state index in [0.29, 0.717) is 32.5 Å². The molecule has 1 aromatic carbocycles. The number of nitrogens with one attached hydrogen (secondary N) is 1. The van der Waals surface area contributed by atoms with Crippen LogP contribution in [0.1, 0.15) is 12.0 Å². The summed E-state index contributed by atoms with van der Waals surface area (Å²) in [6.07, 6.45) is 0.919. The van der Waals surface area contributed by atoms with Crippen molar-refractivity contribution in [3.05, 3.63) is 29.8 Å². The van der Waals surface area contributed by atoms with Crippen molar-refractivity contribution >= 4 is 12.0 Å². The van der Waals surface area contributed by atoms with Gasteiger partial charge in [0.1, 0.15) is 5.75 Å². The van der Waals surface area contributed by atoms with E-state index in [1.165, 1.54) is 7.11 Å². The molecule has 0 atom stereocenters. The third-order valence-electron chi connectivity index (χ3n) is 4.36. The molecule has 0 saturated carbocycles. The van der Waals surface area contributed by atoms with Gasteiger partial charge in [0.2, 0.25) is 5.91 Å². The normalized spacial score (nSPS) is 14.9. The molecule has 1 N–H and O–H groups in total. The maximum Gasteiger partial charge on any atom is 0.409 e. The number of piperazine rings is 1. The van der Waals surface area contributed by atoms with E-state index in [4.69, 9.17) is 9.47 Å². The van der Waals surface area contributed by atoms with Gasteiger partial charge in [0.15, 0.2) is 0 Å². The molecule has 1 aromatic rings. The largest absolute Gasteiger partial charge is 0.497 e. The minimum atomic E-state index is -0.272. The van der Waals surface area contributed by atoms with Crippen molar-refractivity contribution in [1.29, 1.82) is 0 Å². The molecule has 1 aliphatic heterocycles. The van der Waals surface area contributed by atoms with E-state index < -0.39 is 0 Å². The number of aryl methyl sites for hydroxylation is 1. The monoisotopic (exact) mass is 349 g/mol.